The number of carbonyl (C=O) groups is 1. The minimum absolute atomic E-state index is 0.161. The van der Waals surface area contributed by atoms with Crippen molar-refractivity contribution in [1.82, 2.24) is 0 Å². The zero-order valence-electron chi connectivity index (χ0n) is 16.2. The van der Waals surface area contributed by atoms with E-state index in [1.165, 1.54) is 0 Å². The van der Waals surface area contributed by atoms with Crippen LogP contribution in [0.2, 0.25) is 36.3 Å². The summed E-state index contributed by atoms with van der Waals surface area (Å²) in [4.78, 5) is 11.2. The minimum atomic E-state index is -1.84. The zero-order valence-corrected chi connectivity index (χ0v) is 18.2. The van der Waals surface area contributed by atoms with Crippen LogP contribution in [-0.4, -0.2) is 22.7 Å². The molecule has 1 aromatic heterocycles. The Hall–Kier alpha value is -0.656. The van der Waals surface area contributed by atoms with Crippen molar-refractivity contribution in [2.75, 3.05) is 0 Å². The standard InChI is InChI=1S/C18H34O3Si2/c1-9-23(10-2,11-3)20-14-15-12-16(13-19)21-17(15)22(7,8)18(4,5)6/h12-13H,9-11,14H2,1-8H3. The average molecular weight is 355 g/mol. The maximum absolute atomic E-state index is 11.2. The van der Waals surface area contributed by atoms with E-state index in [0.717, 1.165) is 35.4 Å². The number of aldehydes is 1. The molecule has 0 aliphatic heterocycles. The summed E-state index contributed by atoms with van der Waals surface area (Å²) in [6, 6.07) is 5.29. The molecule has 0 saturated carbocycles. The molecule has 0 aliphatic carbocycles. The highest BCUT2D eigenvalue weighted by Gasteiger charge is 2.42. The molecule has 0 fully saturated rings. The maximum atomic E-state index is 11.2. The lowest BCUT2D eigenvalue weighted by molar-refractivity contribution is 0.110. The van der Waals surface area contributed by atoms with E-state index >= 15 is 0 Å². The first-order valence-corrected chi connectivity index (χ1v) is 14.3. The smallest absolute Gasteiger partial charge is 0.192 e. The van der Waals surface area contributed by atoms with E-state index in [0.29, 0.717) is 12.4 Å². The van der Waals surface area contributed by atoms with Crippen LogP contribution in [0.4, 0.5) is 0 Å². The zero-order chi connectivity index (χ0) is 17.9. The van der Waals surface area contributed by atoms with Gasteiger partial charge in [0, 0.05) is 5.56 Å². The molecule has 5 heteroatoms. The third kappa shape index (κ3) is 4.25. The summed E-state index contributed by atoms with van der Waals surface area (Å²) in [5.41, 5.74) is 1.09. The molecule has 0 N–H and O–H groups in total. The van der Waals surface area contributed by atoms with Gasteiger partial charge in [-0.1, -0.05) is 54.6 Å². The topological polar surface area (TPSA) is 39.4 Å². The average Bonchev–Trinajstić information content (AvgIpc) is 2.92. The normalized spacial score (nSPS) is 13.4. The number of furan rings is 1. The monoisotopic (exact) mass is 354 g/mol. The second-order valence-electron chi connectivity index (χ2n) is 8.03. The van der Waals surface area contributed by atoms with Gasteiger partial charge in [0.05, 0.1) is 12.0 Å². The van der Waals surface area contributed by atoms with Gasteiger partial charge >= 0.3 is 0 Å². The molecule has 0 saturated heterocycles. The van der Waals surface area contributed by atoms with Crippen molar-refractivity contribution in [1.29, 1.82) is 0 Å². The van der Waals surface area contributed by atoms with E-state index in [-0.39, 0.29) is 5.04 Å². The molecule has 0 unspecified atom stereocenters. The molecular formula is C18H34O3Si2. The molecule has 0 atom stereocenters. The Balaban J connectivity index is 3.17. The van der Waals surface area contributed by atoms with Crippen LogP contribution < -0.4 is 5.38 Å². The Kier molecular flexibility index (Phi) is 6.64. The van der Waals surface area contributed by atoms with Crippen LogP contribution in [0.25, 0.3) is 0 Å². The Morgan fingerprint density at radius 1 is 1.13 bits per heavy atom. The van der Waals surface area contributed by atoms with E-state index < -0.39 is 16.4 Å². The van der Waals surface area contributed by atoms with Crippen molar-refractivity contribution in [2.24, 2.45) is 0 Å². The molecule has 1 rings (SSSR count). The fourth-order valence-corrected chi connectivity index (χ4v) is 7.35. The highest BCUT2D eigenvalue weighted by molar-refractivity contribution is 6.91. The number of carbonyl (C=O) groups excluding carboxylic acids is 1. The molecule has 0 bridgehead atoms. The predicted octanol–water partition coefficient (Wildman–Crippen LogP) is 5.33. The van der Waals surface area contributed by atoms with Crippen LogP contribution in [-0.2, 0) is 11.0 Å². The summed E-state index contributed by atoms with van der Waals surface area (Å²) < 4.78 is 12.4. The van der Waals surface area contributed by atoms with Crippen LogP contribution in [0.15, 0.2) is 10.5 Å². The quantitative estimate of drug-likeness (QED) is 0.468. The SMILES string of the molecule is CC[Si](CC)(CC)OCc1cc(C=O)oc1[Si](C)(C)C(C)(C)C. The Bertz CT molecular complexity index is 515. The van der Waals surface area contributed by atoms with Gasteiger partial charge in [0.2, 0.25) is 0 Å². The van der Waals surface area contributed by atoms with Gasteiger partial charge in [-0.3, -0.25) is 4.79 Å². The lowest BCUT2D eigenvalue weighted by atomic mass is 10.2. The largest absolute Gasteiger partial charge is 0.463 e. The van der Waals surface area contributed by atoms with Gasteiger partial charge in [0.1, 0.15) is 8.07 Å². The Morgan fingerprint density at radius 3 is 2.04 bits per heavy atom. The van der Waals surface area contributed by atoms with Gasteiger partial charge < -0.3 is 8.84 Å². The van der Waals surface area contributed by atoms with Crippen LogP contribution in [0.5, 0.6) is 0 Å². The van der Waals surface area contributed by atoms with E-state index in [1.54, 1.807) is 0 Å². The van der Waals surface area contributed by atoms with Gasteiger partial charge in [-0.15, -0.1) is 0 Å². The van der Waals surface area contributed by atoms with E-state index in [4.69, 9.17) is 8.84 Å². The molecule has 0 spiro atoms. The van der Waals surface area contributed by atoms with Crippen LogP contribution in [0.1, 0.15) is 57.7 Å². The lowest BCUT2D eigenvalue weighted by Gasteiger charge is -2.36. The molecule has 132 valence electrons. The first-order chi connectivity index (χ1) is 10.6. The van der Waals surface area contributed by atoms with Crippen molar-refractivity contribution in [3.05, 3.63) is 17.4 Å². The van der Waals surface area contributed by atoms with Gasteiger partial charge in [0.25, 0.3) is 0 Å². The van der Waals surface area contributed by atoms with Crippen LogP contribution in [0.3, 0.4) is 0 Å². The summed E-state index contributed by atoms with van der Waals surface area (Å²) in [5, 5.41) is 1.19. The third-order valence-corrected chi connectivity index (χ3v) is 15.8. The molecule has 23 heavy (non-hydrogen) atoms. The van der Waals surface area contributed by atoms with Crippen molar-refractivity contribution >= 4 is 28.1 Å². The summed E-state index contributed by atoms with van der Waals surface area (Å²) in [6.45, 7) is 18.7. The third-order valence-electron chi connectivity index (χ3n) is 5.85. The number of hydrogen-bond donors (Lipinski definition) is 0. The van der Waals surface area contributed by atoms with Crippen molar-refractivity contribution in [3.63, 3.8) is 0 Å². The molecule has 1 heterocycles. The summed E-state index contributed by atoms with van der Waals surface area (Å²) in [7, 11) is -3.48. The second-order valence-corrected chi connectivity index (χ2v) is 18.0. The van der Waals surface area contributed by atoms with Gasteiger partial charge in [-0.05, 0) is 29.2 Å². The summed E-state index contributed by atoms with van der Waals surface area (Å²) in [5.74, 6) is 0.431. The first-order valence-electron chi connectivity index (χ1n) is 8.79. The minimum Gasteiger partial charge on any atom is -0.463 e. The maximum Gasteiger partial charge on any atom is 0.192 e. The second kappa shape index (κ2) is 7.49. The highest BCUT2D eigenvalue weighted by atomic mass is 28.4. The lowest BCUT2D eigenvalue weighted by Crippen LogP contribution is -2.50. The molecule has 1 aromatic rings. The molecule has 3 nitrogen and oxygen atoms in total. The highest BCUT2D eigenvalue weighted by Crippen LogP contribution is 2.37. The van der Waals surface area contributed by atoms with Gasteiger partial charge in [-0.2, -0.15) is 0 Å². The van der Waals surface area contributed by atoms with Crippen molar-refractivity contribution in [3.8, 4) is 0 Å². The van der Waals surface area contributed by atoms with Gasteiger partial charge in [0.15, 0.2) is 20.4 Å². The van der Waals surface area contributed by atoms with Crippen molar-refractivity contribution < 1.29 is 13.6 Å². The number of rotatable bonds is 8. The molecule has 0 aliphatic rings. The van der Waals surface area contributed by atoms with Crippen LogP contribution >= 0.6 is 0 Å². The van der Waals surface area contributed by atoms with Crippen LogP contribution in [0, 0.1) is 0 Å². The molecule has 0 amide bonds. The first kappa shape index (κ1) is 20.4. The molecule has 0 aromatic carbocycles. The predicted molar refractivity (Wildman–Crippen MR) is 103 cm³/mol. The molecule has 0 radical (unpaired) electrons. The number of hydrogen-bond acceptors (Lipinski definition) is 3. The van der Waals surface area contributed by atoms with Crippen molar-refractivity contribution in [2.45, 2.75) is 84.4 Å². The van der Waals surface area contributed by atoms with E-state index in [9.17, 15) is 4.79 Å². The fourth-order valence-electron chi connectivity index (χ4n) is 2.77. The Labute approximate surface area is 143 Å². The summed E-state index contributed by atoms with van der Waals surface area (Å²) in [6.07, 6.45) is 0.810. The Morgan fingerprint density at radius 2 is 1.65 bits per heavy atom. The van der Waals surface area contributed by atoms with Gasteiger partial charge in [-0.25, -0.2) is 0 Å². The van der Waals surface area contributed by atoms with E-state index in [2.05, 4.69) is 54.6 Å². The fraction of sp³-hybridized carbons (Fsp3) is 0.722. The van der Waals surface area contributed by atoms with E-state index in [1.807, 2.05) is 6.07 Å². The molecular weight excluding hydrogens is 320 g/mol. The summed E-state index contributed by atoms with van der Waals surface area (Å²) >= 11 is 0.